The van der Waals surface area contributed by atoms with Crippen LogP contribution in [0, 0.1) is 25.2 Å². The van der Waals surface area contributed by atoms with Gasteiger partial charge in [-0.2, -0.15) is 10.4 Å². The van der Waals surface area contributed by atoms with Gasteiger partial charge in [0, 0.05) is 6.20 Å². The minimum Gasteiger partial charge on any atom is -0.478 e. The average Bonchev–Trinajstić information content (AvgIpc) is 2.96. The Labute approximate surface area is 139 Å². The largest absolute Gasteiger partial charge is 0.478 e. The number of carboxylic acid groups (broad SMARTS) is 1. The molecule has 0 radical (unpaired) electrons. The lowest BCUT2D eigenvalue weighted by atomic mass is 9.98. The van der Waals surface area contributed by atoms with Crippen LogP contribution in [0.1, 0.15) is 27.2 Å². The van der Waals surface area contributed by atoms with E-state index in [1.807, 2.05) is 43.3 Å². The first-order chi connectivity index (χ1) is 11.5. The number of aromatic carboxylic acids is 1. The summed E-state index contributed by atoms with van der Waals surface area (Å²) in [5, 5.41) is 22.9. The van der Waals surface area contributed by atoms with Crippen molar-refractivity contribution in [2.75, 3.05) is 0 Å². The summed E-state index contributed by atoms with van der Waals surface area (Å²) in [6, 6.07) is 15.6. The van der Waals surface area contributed by atoms with Crippen molar-refractivity contribution >= 4 is 5.97 Å². The van der Waals surface area contributed by atoms with Gasteiger partial charge in [0.15, 0.2) is 0 Å². The normalized spacial score (nSPS) is 10.4. The topological polar surface area (TPSA) is 78.9 Å². The number of carbonyl (C=O) groups is 1. The highest BCUT2D eigenvalue weighted by Gasteiger charge is 2.14. The highest BCUT2D eigenvalue weighted by Crippen LogP contribution is 2.26. The van der Waals surface area contributed by atoms with Gasteiger partial charge in [0.05, 0.1) is 23.0 Å². The summed E-state index contributed by atoms with van der Waals surface area (Å²) in [5.74, 6) is -1.02. The van der Waals surface area contributed by atoms with E-state index in [1.54, 1.807) is 13.0 Å². The van der Waals surface area contributed by atoms with Gasteiger partial charge >= 0.3 is 5.97 Å². The summed E-state index contributed by atoms with van der Waals surface area (Å²) in [7, 11) is 0. The predicted octanol–water partition coefficient (Wildman–Crippen LogP) is 3.73. The van der Waals surface area contributed by atoms with Crippen LogP contribution in [0.5, 0.6) is 0 Å². The fourth-order valence-corrected chi connectivity index (χ4v) is 2.63. The first-order valence-corrected chi connectivity index (χ1v) is 7.40. The minimum atomic E-state index is -1.02. The number of benzene rings is 2. The van der Waals surface area contributed by atoms with Crippen LogP contribution in [0.15, 0.2) is 48.7 Å². The van der Waals surface area contributed by atoms with Crippen molar-refractivity contribution in [1.82, 2.24) is 9.78 Å². The average molecular weight is 317 g/mol. The van der Waals surface area contributed by atoms with E-state index in [0.717, 1.165) is 16.7 Å². The number of aryl methyl sites for hydroxylation is 2. The lowest BCUT2D eigenvalue weighted by molar-refractivity contribution is 0.0696. The number of aromatic nitrogens is 2. The van der Waals surface area contributed by atoms with E-state index in [2.05, 4.69) is 11.2 Å². The van der Waals surface area contributed by atoms with Gasteiger partial charge in [0.1, 0.15) is 5.56 Å². The molecule has 0 fully saturated rings. The molecule has 5 nitrogen and oxygen atoms in total. The standard InChI is InChI=1S/C19H15N3O2/c1-12-4-3-5-14(8-12)17-7-6-16(9-15(17)10-20)22-11-18(19(23)24)13(2)21-22/h3-9,11H,1-2H3,(H,23,24). The molecule has 1 N–H and O–H groups in total. The number of hydrogen-bond acceptors (Lipinski definition) is 3. The molecule has 0 atom stereocenters. The van der Waals surface area contributed by atoms with Crippen LogP contribution in [0.2, 0.25) is 0 Å². The zero-order valence-corrected chi connectivity index (χ0v) is 13.3. The van der Waals surface area contributed by atoms with Crippen LogP contribution in [-0.2, 0) is 0 Å². The molecule has 0 aliphatic carbocycles. The molecule has 1 heterocycles. The fourth-order valence-electron chi connectivity index (χ4n) is 2.63. The molecule has 0 saturated heterocycles. The van der Waals surface area contributed by atoms with Gasteiger partial charge in [-0.15, -0.1) is 0 Å². The highest BCUT2D eigenvalue weighted by molar-refractivity contribution is 5.88. The van der Waals surface area contributed by atoms with Crippen molar-refractivity contribution in [3.63, 3.8) is 0 Å². The van der Waals surface area contributed by atoms with E-state index in [0.29, 0.717) is 16.9 Å². The maximum Gasteiger partial charge on any atom is 0.339 e. The monoisotopic (exact) mass is 317 g/mol. The molecule has 0 aliphatic rings. The summed E-state index contributed by atoms with van der Waals surface area (Å²) < 4.78 is 1.49. The Kier molecular flexibility index (Phi) is 3.88. The Balaban J connectivity index is 2.09. The molecule has 24 heavy (non-hydrogen) atoms. The third-order valence-corrected chi connectivity index (χ3v) is 3.85. The van der Waals surface area contributed by atoms with E-state index < -0.39 is 5.97 Å². The minimum absolute atomic E-state index is 0.149. The summed E-state index contributed by atoms with van der Waals surface area (Å²) >= 11 is 0. The van der Waals surface area contributed by atoms with Crippen molar-refractivity contribution in [1.29, 1.82) is 5.26 Å². The third kappa shape index (κ3) is 2.77. The molecule has 118 valence electrons. The SMILES string of the molecule is Cc1cccc(-c2ccc(-n3cc(C(=O)O)c(C)n3)cc2C#N)c1. The van der Waals surface area contributed by atoms with Crippen LogP contribution in [0.25, 0.3) is 16.8 Å². The lowest BCUT2D eigenvalue weighted by Gasteiger charge is -2.08. The molecule has 5 heteroatoms. The second-order valence-electron chi connectivity index (χ2n) is 5.59. The van der Waals surface area contributed by atoms with Gasteiger partial charge in [-0.05, 0) is 37.1 Å². The molecule has 0 bridgehead atoms. The highest BCUT2D eigenvalue weighted by atomic mass is 16.4. The predicted molar refractivity (Wildman–Crippen MR) is 90.1 cm³/mol. The molecule has 0 saturated carbocycles. The van der Waals surface area contributed by atoms with E-state index in [1.165, 1.54) is 10.9 Å². The Morgan fingerprint density at radius 2 is 2.00 bits per heavy atom. The molecule has 0 spiro atoms. The van der Waals surface area contributed by atoms with Gasteiger partial charge in [0.2, 0.25) is 0 Å². The first-order valence-electron chi connectivity index (χ1n) is 7.40. The van der Waals surface area contributed by atoms with Gasteiger partial charge in [-0.3, -0.25) is 0 Å². The Hall–Kier alpha value is -3.39. The van der Waals surface area contributed by atoms with Crippen LogP contribution < -0.4 is 0 Å². The Morgan fingerprint density at radius 1 is 1.21 bits per heavy atom. The van der Waals surface area contributed by atoms with Crippen LogP contribution >= 0.6 is 0 Å². The second kappa shape index (κ2) is 6.01. The second-order valence-corrected chi connectivity index (χ2v) is 5.59. The van der Waals surface area contributed by atoms with Crippen molar-refractivity contribution in [3.8, 4) is 22.9 Å². The van der Waals surface area contributed by atoms with Crippen LogP contribution in [0.4, 0.5) is 0 Å². The Morgan fingerprint density at radius 3 is 2.62 bits per heavy atom. The maximum absolute atomic E-state index is 11.2. The van der Waals surface area contributed by atoms with Crippen LogP contribution in [-0.4, -0.2) is 20.9 Å². The fraction of sp³-hybridized carbons (Fsp3) is 0.105. The first kappa shape index (κ1) is 15.5. The molecule has 0 unspecified atom stereocenters. The molecule has 1 aromatic heterocycles. The van der Waals surface area contributed by atoms with E-state index in [9.17, 15) is 10.1 Å². The molecule has 3 rings (SSSR count). The number of carboxylic acids is 1. The number of nitriles is 1. The third-order valence-electron chi connectivity index (χ3n) is 3.85. The molecular formula is C19H15N3O2. The van der Waals surface area contributed by atoms with Gasteiger partial charge in [-0.25, -0.2) is 9.48 Å². The van der Waals surface area contributed by atoms with E-state index in [4.69, 9.17) is 5.11 Å². The maximum atomic E-state index is 11.2. The Bertz CT molecular complexity index is 981. The molecule has 3 aromatic rings. The lowest BCUT2D eigenvalue weighted by Crippen LogP contribution is -1.97. The molecule has 0 amide bonds. The van der Waals surface area contributed by atoms with Gasteiger partial charge in [-0.1, -0.05) is 35.9 Å². The molecule has 0 aliphatic heterocycles. The number of nitrogens with zero attached hydrogens (tertiary/aromatic N) is 3. The number of rotatable bonds is 3. The summed E-state index contributed by atoms with van der Waals surface area (Å²) in [6.45, 7) is 3.65. The van der Waals surface area contributed by atoms with Crippen LogP contribution in [0.3, 0.4) is 0 Å². The van der Waals surface area contributed by atoms with Gasteiger partial charge < -0.3 is 5.11 Å². The summed E-state index contributed by atoms with van der Waals surface area (Å²) in [4.78, 5) is 11.2. The smallest absolute Gasteiger partial charge is 0.339 e. The molecular weight excluding hydrogens is 302 g/mol. The zero-order valence-electron chi connectivity index (χ0n) is 13.3. The molecule has 2 aromatic carbocycles. The quantitative estimate of drug-likeness (QED) is 0.798. The van der Waals surface area contributed by atoms with Crippen molar-refractivity contribution < 1.29 is 9.90 Å². The zero-order chi connectivity index (χ0) is 17.3. The van der Waals surface area contributed by atoms with Crippen molar-refractivity contribution in [2.45, 2.75) is 13.8 Å². The van der Waals surface area contributed by atoms with Crippen molar-refractivity contribution in [2.24, 2.45) is 0 Å². The van der Waals surface area contributed by atoms with Crippen molar-refractivity contribution in [3.05, 3.63) is 71.0 Å². The summed E-state index contributed by atoms with van der Waals surface area (Å²) in [6.07, 6.45) is 1.46. The number of hydrogen-bond donors (Lipinski definition) is 1. The van der Waals surface area contributed by atoms with E-state index in [-0.39, 0.29) is 5.56 Å². The summed E-state index contributed by atoms with van der Waals surface area (Å²) in [5.41, 5.74) is 4.68. The van der Waals surface area contributed by atoms with Gasteiger partial charge in [0.25, 0.3) is 0 Å². The van der Waals surface area contributed by atoms with E-state index >= 15 is 0 Å².